The van der Waals surface area contributed by atoms with Crippen LogP contribution in [0.4, 0.5) is 0 Å². The van der Waals surface area contributed by atoms with Crippen LogP contribution in [-0.4, -0.2) is 35.2 Å². The average Bonchev–Trinajstić information content (AvgIpc) is 2.57. The van der Waals surface area contributed by atoms with Crippen molar-refractivity contribution in [3.8, 4) is 0 Å². The van der Waals surface area contributed by atoms with Gasteiger partial charge in [0.1, 0.15) is 0 Å². The second-order valence-corrected chi connectivity index (χ2v) is 5.21. The van der Waals surface area contributed by atoms with Gasteiger partial charge >= 0.3 is 0 Å². The van der Waals surface area contributed by atoms with E-state index in [1.54, 1.807) is 0 Å². The number of aliphatic hydroxyl groups excluding tert-OH is 1. The number of hydrogen-bond acceptors (Lipinski definition) is 2. The Morgan fingerprint density at radius 3 is 2.69 bits per heavy atom. The van der Waals surface area contributed by atoms with E-state index in [0.29, 0.717) is 18.0 Å². The molecule has 0 aliphatic carbocycles. The lowest BCUT2D eigenvalue weighted by molar-refractivity contribution is 0.0112. The van der Waals surface area contributed by atoms with E-state index in [9.17, 15) is 5.11 Å². The first-order valence-electron chi connectivity index (χ1n) is 6.22. The van der Waals surface area contributed by atoms with Crippen LogP contribution in [0.15, 0.2) is 30.3 Å². The fraction of sp³-hybridized carbons (Fsp3) is 0.571. The molecule has 2 heteroatoms. The number of nitrogens with zero attached hydrogens (tertiary/aromatic N) is 1. The molecule has 2 fully saturated rings. The van der Waals surface area contributed by atoms with Crippen molar-refractivity contribution >= 4 is 0 Å². The Balaban J connectivity index is 1.88. The third-order valence-electron chi connectivity index (χ3n) is 4.45. The van der Waals surface area contributed by atoms with Gasteiger partial charge in [-0.1, -0.05) is 30.3 Å². The predicted molar refractivity (Wildman–Crippen MR) is 64.4 cm³/mol. The first kappa shape index (κ1) is 10.3. The summed E-state index contributed by atoms with van der Waals surface area (Å²) in [7, 11) is 2.16. The van der Waals surface area contributed by atoms with E-state index in [1.807, 2.05) is 6.07 Å². The van der Waals surface area contributed by atoms with Crippen LogP contribution in [0.3, 0.4) is 0 Å². The summed E-state index contributed by atoms with van der Waals surface area (Å²) in [5.41, 5.74) is 1.31. The Kier molecular flexibility index (Phi) is 2.49. The molecule has 86 valence electrons. The van der Waals surface area contributed by atoms with E-state index in [0.717, 1.165) is 12.8 Å². The third-order valence-corrected chi connectivity index (χ3v) is 4.45. The molecule has 4 atom stereocenters. The highest BCUT2D eigenvalue weighted by Crippen LogP contribution is 2.42. The van der Waals surface area contributed by atoms with Gasteiger partial charge in [0, 0.05) is 18.0 Å². The molecule has 3 rings (SSSR count). The fourth-order valence-electron chi connectivity index (χ4n) is 3.47. The van der Waals surface area contributed by atoms with Gasteiger partial charge in [-0.25, -0.2) is 0 Å². The minimum absolute atomic E-state index is 0.189. The van der Waals surface area contributed by atoms with Crippen LogP contribution in [0.2, 0.25) is 0 Å². The van der Waals surface area contributed by atoms with Crippen molar-refractivity contribution < 1.29 is 5.11 Å². The number of likely N-dealkylation sites (N-methyl/N-ethyl adjacent to an activating group) is 1. The number of rotatable bonds is 1. The molecular formula is C14H19NO. The maximum absolute atomic E-state index is 10.4. The van der Waals surface area contributed by atoms with Gasteiger partial charge in [-0.15, -0.1) is 0 Å². The summed E-state index contributed by atoms with van der Waals surface area (Å²) in [5, 5.41) is 10.4. The lowest BCUT2D eigenvalue weighted by Gasteiger charge is -2.40. The lowest BCUT2D eigenvalue weighted by Crippen LogP contribution is -2.48. The molecule has 16 heavy (non-hydrogen) atoms. The van der Waals surface area contributed by atoms with Crippen LogP contribution in [0.1, 0.15) is 30.7 Å². The molecule has 0 spiro atoms. The van der Waals surface area contributed by atoms with Gasteiger partial charge in [0.15, 0.2) is 0 Å². The lowest BCUT2D eigenvalue weighted by atomic mass is 9.83. The number of fused-ring (bicyclic) bond motifs is 2. The summed E-state index contributed by atoms with van der Waals surface area (Å²) in [5.74, 6) is 0.342. The molecule has 0 saturated carbocycles. The van der Waals surface area contributed by atoms with Gasteiger partial charge in [0.25, 0.3) is 0 Å². The third kappa shape index (κ3) is 1.48. The standard InChI is InChI=1S/C14H19NO/c1-15-11-7-8-13(15)14(16)12(9-11)10-5-3-2-4-6-10/h2-6,11-14,16H,7-9H2,1H3/t11-,12+,13+,14+/m1/s1. The summed E-state index contributed by atoms with van der Waals surface area (Å²) in [6.45, 7) is 0. The van der Waals surface area contributed by atoms with Crippen LogP contribution in [-0.2, 0) is 0 Å². The molecule has 2 aliphatic heterocycles. The Hall–Kier alpha value is -0.860. The zero-order chi connectivity index (χ0) is 11.1. The smallest absolute Gasteiger partial charge is 0.0764 e. The van der Waals surface area contributed by atoms with Gasteiger partial charge in [0.2, 0.25) is 0 Å². The van der Waals surface area contributed by atoms with E-state index in [4.69, 9.17) is 0 Å². The molecule has 2 aliphatic rings. The van der Waals surface area contributed by atoms with E-state index in [2.05, 4.69) is 36.2 Å². The molecule has 1 aromatic rings. The van der Waals surface area contributed by atoms with Crippen LogP contribution in [0.5, 0.6) is 0 Å². The Morgan fingerprint density at radius 2 is 1.94 bits per heavy atom. The van der Waals surface area contributed by atoms with Crippen molar-refractivity contribution in [2.45, 2.75) is 43.4 Å². The molecule has 0 aromatic heterocycles. The van der Waals surface area contributed by atoms with E-state index in [1.165, 1.54) is 12.0 Å². The van der Waals surface area contributed by atoms with Crippen LogP contribution in [0, 0.1) is 0 Å². The number of benzene rings is 1. The maximum Gasteiger partial charge on any atom is 0.0764 e. The van der Waals surface area contributed by atoms with Crippen LogP contribution in [0.25, 0.3) is 0 Å². The summed E-state index contributed by atoms with van der Waals surface area (Å²) < 4.78 is 0. The normalized spacial score (nSPS) is 38.9. The van der Waals surface area contributed by atoms with Gasteiger partial charge in [-0.2, -0.15) is 0 Å². The van der Waals surface area contributed by atoms with Gasteiger partial charge in [-0.05, 0) is 31.9 Å². The first-order valence-corrected chi connectivity index (χ1v) is 6.22. The summed E-state index contributed by atoms with van der Waals surface area (Å²) in [4.78, 5) is 2.38. The van der Waals surface area contributed by atoms with Crippen molar-refractivity contribution in [1.82, 2.24) is 4.90 Å². The Bertz CT molecular complexity index is 364. The Labute approximate surface area is 96.9 Å². The first-order chi connectivity index (χ1) is 7.77. The molecule has 0 amide bonds. The summed E-state index contributed by atoms with van der Waals surface area (Å²) in [6.07, 6.45) is 3.33. The molecular weight excluding hydrogens is 198 g/mol. The molecule has 1 aromatic carbocycles. The van der Waals surface area contributed by atoms with E-state index < -0.39 is 0 Å². The van der Waals surface area contributed by atoms with Crippen molar-refractivity contribution in [1.29, 1.82) is 0 Å². The number of aliphatic hydroxyl groups is 1. The largest absolute Gasteiger partial charge is 0.391 e. The van der Waals surface area contributed by atoms with Crippen molar-refractivity contribution in [3.63, 3.8) is 0 Å². The summed E-state index contributed by atoms with van der Waals surface area (Å²) in [6, 6.07) is 11.5. The predicted octanol–water partition coefficient (Wildman–Crippen LogP) is 2.00. The van der Waals surface area contributed by atoms with Crippen molar-refractivity contribution in [2.75, 3.05) is 7.05 Å². The molecule has 2 heterocycles. The zero-order valence-electron chi connectivity index (χ0n) is 9.71. The fourth-order valence-corrected chi connectivity index (χ4v) is 3.47. The van der Waals surface area contributed by atoms with E-state index >= 15 is 0 Å². The highest BCUT2D eigenvalue weighted by atomic mass is 16.3. The molecule has 2 nitrogen and oxygen atoms in total. The molecule has 0 unspecified atom stereocenters. The quantitative estimate of drug-likeness (QED) is 0.777. The van der Waals surface area contributed by atoms with Crippen LogP contribution < -0.4 is 0 Å². The molecule has 2 saturated heterocycles. The van der Waals surface area contributed by atoms with Crippen LogP contribution >= 0.6 is 0 Å². The highest BCUT2D eigenvalue weighted by Gasteiger charge is 2.44. The maximum atomic E-state index is 10.4. The molecule has 2 bridgehead atoms. The second-order valence-electron chi connectivity index (χ2n) is 5.21. The van der Waals surface area contributed by atoms with Gasteiger partial charge in [-0.3, -0.25) is 4.90 Å². The monoisotopic (exact) mass is 217 g/mol. The van der Waals surface area contributed by atoms with Gasteiger partial charge in [0.05, 0.1) is 6.10 Å². The zero-order valence-corrected chi connectivity index (χ0v) is 9.71. The minimum Gasteiger partial charge on any atom is -0.391 e. The van der Waals surface area contributed by atoms with Crippen molar-refractivity contribution in [3.05, 3.63) is 35.9 Å². The highest BCUT2D eigenvalue weighted by molar-refractivity contribution is 5.23. The molecule has 0 radical (unpaired) electrons. The minimum atomic E-state index is -0.189. The SMILES string of the molecule is CN1[C@@H]2CC[C@H]1[C@@H](O)[C@H](c1ccccc1)C2. The van der Waals surface area contributed by atoms with E-state index in [-0.39, 0.29) is 6.10 Å². The second kappa shape index (κ2) is 3.86. The summed E-state index contributed by atoms with van der Waals surface area (Å²) >= 11 is 0. The number of hydrogen-bond donors (Lipinski definition) is 1. The van der Waals surface area contributed by atoms with Gasteiger partial charge < -0.3 is 5.11 Å². The topological polar surface area (TPSA) is 23.5 Å². The average molecular weight is 217 g/mol. The molecule has 1 N–H and O–H groups in total. The number of piperidine rings is 1. The Morgan fingerprint density at radius 1 is 1.19 bits per heavy atom. The van der Waals surface area contributed by atoms with Crippen molar-refractivity contribution in [2.24, 2.45) is 0 Å².